The molecule has 2 aromatic carbocycles. The Hall–Kier alpha value is -2.33. The SMILES string of the molecule is CCCC(=O)Nc1ccc2nc(-c3cccc(Cl)c3)oc2c1. The summed E-state index contributed by atoms with van der Waals surface area (Å²) in [5, 5.41) is 3.48. The highest BCUT2D eigenvalue weighted by Gasteiger charge is 2.10. The molecule has 1 N–H and O–H groups in total. The van der Waals surface area contributed by atoms with E-state index >= 15 is 0 Å². The summed E-state index contributed by atoms with van der Waals surface area (Å²) in [4.78, 5) is 16.1. The monoisotopic (exact) mass is 314 g/mol. The lowest BCUT2D eigenvalue weighted by Gasteiger charge is -2.02. The molecular weight excluding hydrogens is 300 g/mol. The first-order valence-corrected chi connectivity index (χ1v) is 7.50. The summed E-state index contributed by atoms with van der Waals surface area (Å²) in [6.45, 7) is 1.97. The Morgan fingerprint density at radius 2 is 2.14 bits per heavy atom. The summed E-state index contributed by atoms with van der Waals surface area (Å²) in [6, 6.07) is 12.8. The van der Waals surface area contributed by atoms with Gasteiger partial charge in [0.2, 0.25) is 11.8 Å². The van der Waals surface area contributed by atoms with Gasteiger partial charge in [-0.3, -0.25) is 4.79 Å². The summed E-state index contributed by atoms with van der Waals surface area (Å²) in [7, 11) is 0. The zero-order valence-corrected chi connectivity index (χ0v) is 12.9. The van der Waals surface area contributed by atoms with Gasteiger partial charge in [-0.2, -0.15) is 0 Å². The minimum atomic E-state index is -0.00331. The third kappa shape index (κ3) is 3.12. The van der Waals surface area contributed by atoms with E-state index in [0.29, 0.717) is 28.6 Å². The maximum atomic E-state index is 11.6. The minimum absolute atomic E-state index is 0.00331. The number of hydrogen-bond donors (Lipinski definition) is 1. The molecule has 0 atom stereocenters. The summed E-state index contributed by atoms with van der Waals surface area (Å²) in [5.41, 5.74) is 2.90. The predicted octanol–water partition coefficient (Wildman–Crippen LogP) is 4.89. The first-order valence-electron chi connectivity index (χ1n) is 7.12. The summed E-state index contributed by atoms with van der Waals surface area (Å²) in [5.74, 6) is 0.506. The molecule has 0 aliphatic heterocycles. The summed E-state index contributed by atoms with van der Waals surface area (Å²) < 4.78 is 5.77. The Balaban J connectivity index is 1.92. The molecule has 112 valence electrons. The van der Waals surface area contributed by atoms with Crippen LogP contribution in [0.4, 0.5) is 5.69 Å². The molecular formula is C17H15ClN2O2. The number of fused-ring (bicyclic) bond motifs is 1. The van der Waals surface area contributed by atoms with Crippen LogP contribution in [0, 0.1) is 0 Å². The maximum Gasteiger partial charge on any atom is 0.227 e. The Bertz CT molecular complexity index is 826. The smallest absolute Gasteiger partial charge is 0.227 e. The molecule has 1 heterocycles. The van der Waals surface area contributed by atoms with E-state index in [1.165, 1.54) is 0 Å². The van der Waals surface area contributed by atoms with Gasteiger partial charge in [-0.1, -0.05) is 24.6 Å². The number of rotatable bonds is 4. The zero-order chi connectivity index (χ0) is 15.5. The second-order valence-corrected chi connectivity index (χ2v) is 5.45. The van der Waals surface area contributed by atoms with E-state index in [4.69, 9.17) is 16.0 Å². The van der Waals surface area contributed by atoms with Gasteiger partial charge < -0.3 is 9.73 Å². The van der Waals surface area contributed by atoms with Crippen LogP contribution in [0.1, 0.15) is 19.8 Å². The number of oxazole rings is 1. The van der Waals surface area contributed by atoms with Crippen LogP contribution in [0.3, 0.4) is 0 Å². The van der Waals surface area contributed by atoms with Crippen LogP contribution in [0.25, 0.3) is 22.6 Å². The average Bonchev–Trinajstić information content (AvgIpc) is 2.90. The number of halogens is 1. The van der Waals surface area contributed by atoms with Crippen LogP contribution in [0.2, 0.25) is 5.02 Å². The molecule has 0 unspecified atom stereocenters. The van der Waals surface area contributed by atoms with Crippen molar-refractivity contribution < 1.29 is 9.21 Å². The second-order valence-electron chi connectivity index (χ2n) is 5.01. The van der Waals surface area contributed by atoms with Crippen molar-refractivity contribution in [2.45, 2.75) is 19.8 Å². The molecule has 0 aliphatic rings. The first-order chi connectivity index (χ1) is 10.7. The van der Waals surface area contributed by atoms with Gasteiger partial charge >= 0.3 is 0 Å². The fourth-order valence-corrected chi connectivity index (χ4v) is 2.39. The summed E-state index contributed by atoms with van der Waals surface area (Å²) in [6.07, 6.45) is 1.32. The van der Waals surface area contributed by atoms with Gasteiger partial charge in [0.15, 0.2) is 5.58 Å². The lowest BCUT2D eigenvalue weighted by Crippen LogP contribution is -2.10. The normalized spacial score (nSPS) is 10.8. The third-order valence-corrected chi connectivity index (χ3v) is 3.46. The fourth-order valence-electron chi connectivity index (χ4n) is 2.20. The molecule has 0 spiro atoms. The van der Waals surface area contributed by atoms with Crippen LogP contribution in [0.5, 0.6) is 0 Å². The topological polar surface area (TPSA) is 55.1 Å². The number of carbonyl (C=O) groups is 1. The van der Waals surface area contributed by atoms with Crippen LogP contribution in [0.15, 0.2) is 46.9 Å². The third-order valence-electron chi connectivity index (χ3n) is 3.22. The molecule has 0 saturated carbocycles. The van der Waals surface area contributed by atoms with Crippen molar-refractivity contribution in [2.75, 3.05) is 5.32 Å². The standard InChI is InChI=1S/C17H15ClN2O2/c1-2-4-16(21)19-13-7-8-14-15(10-13)22-17(20-14)11-5-3-6-12(18)9-11/h3,5-10H,2,4H2,1H3,(H,19,21). The van der Waals surface area contributed by atoms with E-state index in [0.717, 1.165) is 17.5 Å². The number of anilines is 1. The van der Waals surface area contributed by atoms with E-state index in [9.17, 15) is 4.79 Å². The van der Waals surface area contributed by atoms with Crippen molar-refractivity contribution in [2.24, 2.45) is 0 Å². The molecule has 1 aromatic heterocycles. The number of amides is 1. The molecule has 0 radical (unpaired) electrons. The van der Waals surface area contributed by atoms with E-state index < -0.39 is 0 Å². The van der Waals surface area contributed by atoms with Crippen molar-refractivity contribution in [3.63, 3.8) is 0 Å². The van der Waals surface area contributed by atoms with Gasteiger partial charge in [0.25, 0.3) is 0 Å². The van der Waals surface area contributed by atoms with Crippen molar-refractivity contribution in [1.29, 1.82) is 0 Å². The Morgan fingerprint density at radius 3 is 2.91 bits per heavy atom. The van der Waals surface area contributed by atoms with Gasteiger partial charge in [-0.05, 0) is 36.8 Å². The molecule has 3 aromatic rings. The van der Waals surface area contributed by atoms with Gasteiger partial charge in [0, 0.05) is 28.8 Å². The second kappa shape index (κ2) is 6.20. The molecule has 0 fully saturated rings. The number of benzene rings is 2. The van der Waals surface area contributed by atoms with Gasteiger partial charge in [-0.15, -0.1) is 0 Å². The van der Waals surface area contributed by atoms with Gasteiger partial charge in [0.1, 0.15) is 5.52 Å². The Kier molecular flexibility index (Phi) is 4.11. The van der Waals surface area contributed by atoms with Crippen molar-refractivity contribution in [3.8, 4) is 11.5 Å². The molecule has 0 saturated heterocycles. The number of nitrogens with one attached hydrogen (secondary N) is 1. The van der Waals surface area contributed by atoms with Crippen LogP contribution in [-0.4, -0.2) is 10.9 Å². The van der Waals surface area contributed by atoms with Gasteiger partial charge in [0.05, 0.1) is 0 Å². The zero-order valence-electron chi connectivity index (χ0n) is 12.1. The lowest BCUT2D eigenvalue weighted by atomic mass is 10.2. The first kappa shape index (κ1) is 14.6. The summed E-state index contributed by atoms with van der Waals surface area (Å²) >= 11 is 5.99. The van der Waals surface area contributed by atoms with E-state index in [1.807, 2.05) is 31.2 Å². The van der Waals surface area contributed by atoms with Crippen LogP contribution >= 0.6 is 11.6 Å². The molecule has 5 heteroatoms. The Morgan fingerprint density at radius 1 is 1.27 bits per heavy atom. The molecule has 0 aliphatic carbocycles. The lowest BCUT2D eigenvalue weighted by molar-refractivity contribution is -0.116. The minimum Gasteiger partial charge on any atom is -0.436 e. The molecule has 22 heavy (non-hydrogen) atoms. The quantitative estimate of drug-likeness (QED) is 0.746. The van der Waals surface area contributed by atoms with Crippen LogP contribution < -0.4 is 5.32 Å². The molecule has 0 bridgehead atoms. The Labute approximate surface area is 133 Å². The fraction of sp³-hybridized carbons (Fsp3) is 0.176. The van der Waals surface area contributed by atoms with E-state index in [-0.39, 0.29) is 5.91 Å². The van der Waals surface area contributed by atoms with E-state index in [2.05, 4.69) is 10.3 Å². The highest BCUT2D eigenvalue weighted by Crippen LogP contribution is 2.27. The van der Waals surface area contributed by atoms with E-state index in [1.54, 1.807) is 18.2 Å². The van der Waals surface area contributed by atoms with Crippen molar-refractivity contribution in [3.05, 3.63) is 47.5 Å². The molecule has 1 amide bonds. The number of nitrogens with zero attached hydrogens (tertiary/aromatic N) is 1. The largest absolute Gasteiger partial charge is 0.436 e. The van der Waals surface area contributed by atoms with Crippen molar-refractivity contribution >= 4 is 34.3 Å². The van der Waals surface area contributed by atoms with Gasteiger partial charge in [-0.25, -0.2) is 4.98 Å². The predicted molar refractivity (Wildman–Crippen MR) is 88.0 cm³/mol. The number of aromatic nitrogens is 1. The molecule has 3 rings (SSSR count). The average molecular weight is 315 g/mol. The highest BCUT2D eigenvalue weighted by molar-refractivity contribution is 6.30. The number of carbonyl (C=O) groups excluding carboxylic acids is 1. The number of hydrogen-bond acceptors (Lipinski definition) is 3. The maximum absolute atomic E-state index is 11.6. The highest BCUT2D eigenvalue weighted by atomic mass is 35.5. The van der Waals surface area contributed by atoms with Crippen LogP contribution in [-0.2, 0) is 4.79 Å². The van der Waals surface area contributed by atoms with Crippen molar-refractivity contribution in [1.82, 2.24) is 4.98 Å². The molecule has 4 nitrogen and oxygen atoms in total.